The van der Waals surface area contributed by atoms with E-state index in [1.165, 1.54) is 0 Å². The first kappa shape index (κ1) is 14.0. The first-order valence-electron chi connectivity index (χ1n) is 5.81. The van der Waals surface area contributed by atoms with E-state index in [9.17, 15) is 0 Å². The minimum absolute atomic E-state index is 0.269. The van der Waals surface area contributed by atoms with Gasteiger partial charge in [0.05, 0.1) is 12.3 Å². The largest absolute Gasteiger partial charge is 0.393 e. The summed E-state index contributed by atoms with van der Waals surface area (Å²) in [6.07, 6.45) is 2.93. The van der Waals surface area contributed by atoms with Crippen LogP contribution >= 0.6 is 11.6 Å². The summed E-state index contributed by atoms with van der Waals surface area (Å²) in [6, 6.07) is 0. The Labute approximate surface area is 107 Å². The van der Waals surface area contributed by atoms with Crippen LogP contribution in [-0.2, 0) is 0 Å². The zero-order valence-corrected chi connectivity index (χ0v) is 11.0. The molecular weight excluding hydrogens is 240 g/mol. The molecule has 1 atom stereocenters. The van der Waals surface area contributed by atoms with Crippen LogP contribution < -0.4 is 10.6 Å². The van der Waals surface area contributed by atoms with Crippen molar-refractivity contribution < 1.29 is 5.11 Å². The lowest BCUT2D eigenvalue weighted by atomic mass is 10.2. The normalized spacial score (nSPS) is 12.2. The number of rotatable bonds is 7. The first-order chi connectivity index (χ1) is 8.13. The van der Waals surface area contributed by atoms with Gasteiger partial charge in [-0.3, -0.25) is 0 Å². The summed E-state index contributed by atoms with van der Waals surface area (Å²) in [5.41, 5.74) is 0. The van der Waals surface area contributed by atoms with Gasteiger partial charge in [0, 0.05) is 13.1 Å². The smallest absolute Gasteiger partial charge is 0.224 e. The number of nitrogens with zero attached hydrogens (tertiary/aromatic N) is 2. The summed E-state index contributed by atoms with van der Waals surface area (Å²) in [5, 5.41) is 15.8. The molecule has 0 fully saturated rings. The molecule has 0 saturated heterocycles. The van der Waals surface area contributed by atoms with Crippen molar-refractivity contribution >= 4 is 23.4 Å². The van der Waals surface area contributed by atoms with Crippen LogP contribution in [-0.4, -0.2) is 34.3 Å². The van der Waals surface area contributed by atoms with Crippen molar-refractivity contribution in [2.45, 2.75) is 32.8 Å². The summed E-state index contributed by atoms with van der Waals surface area (Å²) in [6.45, 7) is 5.25. The lowest BCUT2D eigenvalue weighted by Crippen LogP contribution is -2.10. The highest BCUT2D eigenvalue weighted by Gasteiger charge is 2.04. The number of aromatic nitrogens is 2. The summed E-state index contributed by atoms with van der Waals surface area (Å²) in [7, 11) is 0. The second-order valence-electron chi connectivity index (χ2n) is 3.84. The number of hydrogen-bond acceptors (Lipinski definition) is 5. The highest BCUT2D eigenvalue weighted by atomic mass is 35.5. The second-order valence-corrected chi connectivity index (χ2v) is 4.25. The molecule has 0 radical (unpaired) electrons. The maximum atomic E-state index is 9.13. The number of halogens is 1. The van der Waals surface area contributed by atoms with Gasteiger partial charge in [-0.25, -0.2) is 4.98 Å². The molecule has 0 aliphatic rings. The van der Waals surface area contributed by atoms with Crippen molar-refractivity contribution in [2.24, 2.45) is 0 Å². The first-order valence-corrected chi connectivity index (χ1v) is 6.19. The Morgan fingerprint density at radius 3 is 2.88 bits per heavy atom. The van der Waals surface area contributed by atoms with Crippen molar-refractivity contribution in [2.75, 3.05) is 23.7 Å². The molecule has 1 aromatic heterocycles. The monoisotopic (exact) mass is 258 g/mol. The SMILES string of the molecule is CCNc1ncc(Cl)c(NCCCC(C)O)n1. The van der Waals surface area contributed by atoms with Crippen molar-refractivity contribution in [3.63, 3.8) is 0 Å². The van der Waals surface area contributed by atoms with Gasteiger partial charge in [-0.05, 0) is 26.7 Å². The minimum Gasteiger partial charge on any atom is -0.393 e. The van der Waals surface area contributed by atoms with Crippen LogP contribution in [0.25, 0.3) is 0 Å². The molecule has 0 spiro atoms. The third kappa shape index (κ3) is 5.19. The van der Waals surface area contributed by atoms with Crippen LogP contribution in [0.2, 0.25) is 5.02 Å². The Morgan fingerprint density at radius 1 is 1.47 bits per heavy atom. The van der Waals surface area contributed by atoms with Gasteiger partial charge in [0.2, 0.25) is 5.95 Å². The van der Waals surface area contributed by atoms with E-state index < -0.39 is 0 Å². The molecule has 3 N–H and O–H groups in total. The number of hydrogen-bond donors (Lipinski definition) is 3. The van der Waals surface area contributed by atoms with E-state index in [1.54, 1.807) is 13.1 Å². The Balaban J connectivity index is 2.48. The van der Waals surface area contributed by atoms with Gasteiger partial charge in [-0.2, -0.15) is 4.98 Å². The molecule has 17 heavy (non-hydrogen) atoms. The van der Waals surface area contributed by atoms with E-state index in [1.807, 2.05) is 6.92 Å². The lowest BCUT2D eigenvalue weighted by Gasteiger charge is -2.09. The third-order valence-corrected chi connectivity index (χ3v) is 2.45. The fourth-order valence-corrected chi connectivity index (χ4v) is 1.50. The van der Waals surface area contributed by atoms with Gasteiger partial charge in [0.15, 0.2) is 0 Å². The van der Waals surface area contributed by atoms with Gasteiger partial charge < -0.3 is 15.7 Å². The molecule has 1 rings (SSSR count). The quantitative estimate of drug-likeness (QED) is 0.654. The van der Waals surface area contributed by atoms with Crippen LogP contribution in [0.1, 0.15) is 26.7 Å². The molecule has 96 valence electrons. The van der Waals surface area contributed by atoms with Crippen molar-refractivity contribution in [1.82, 2.24) is 9.97 Å². The molecule has 0 aromatic carbocycles. The van der Waals surface area contributed by atoms with Crippen LogP contribution in [0.3, 0.4) is 0 Å². The Morgan fingerprint density at radius 2 is 2.24 bits per heavy atom. The van der Waals surface area contributed by atoms with Crippen LogP contribution in [0.4, 0.5) is 11.8 Å². The number of nitrogens with one attached hydrogen (secondary N) is 2. The molecule has 0 amide bonds. The number of aliphatic hydroxyl groups is 1. The predicted molar refractivity (Wildman–Crippen MR) is 70.6 cm³/mol. The molecule has 1 unspecified atom stereocenters. The van der Waals surface area contributed by atoms with Crippen molar-refractivity contribution in [1.29, 1.82) is 0 Å². The zero-order valence-electron chi connectivity index (χ0n) is 10.2. The molecule has 5 nitrogen and oxygen atoms in total. The average molecular weight is 259 g/mol. The Kier molecular flexibility index (Phi) is 6.00. The molecule has 6 heteroatoms. The van der Waals surface area contributed by atoms with Gasteiger partial charge in [-0.1, -0.05) is 11.6 Å². The van der Waals surface area contributed by atoms with Gasteiger partial charge >= 0.3 is 0 Å². The zero-order chi connectivity index (χ0) is 12.7. The number of aliphatic hydroxyl groups excluding tert-OH is 1. The van der Waals surface area contributed by atoms with E-state index >= 15 is 0 Å². The summed E-state index contributed by atoms with van der Waals surface area (Å²) in [5.74, 6) is 1.19. The summed E-state index contributed by atoms with van der Waals surface area (Å²) >= 11 is 5.97. The van der Waals surface area contributed by atoms with Crippen LogP contribution in [0.5, 0.6) is 0 Å². The highest BCUT2D eigenvalue weighted by Crippen LogP contribution is 2.19. The van der Waals surface area contributed by atoms with E-state index in [-0.39, 0.29) is 6.10 Å². The molecular formula is C11H19ClN4O. The van der Waals surface area contributed by atoms with Gasteiger partial charge in [0.1, 0.15) is 10.8 Å². The number of anilines is 2. The molecule has 0 aliphatic carbocycles. The summed E-state index contributed by atoms with van der Waals surface area (Å²) < 4.78 is 0. The van der Waals surface area contributed by atoms with E-state index in [0.29, 0.717) is 16.8 Å². The highest BCUT2D eigenvalue weighted by molar-refractivity contribution is 6.32. The third-order valence-electron chi connectivity index (χ3n) is 2.17. The molecule has 1 aromatic rings. The van der Waals surface area contributed by atoms with Gasteiger partial charge in [0.25, 0.3) is 0 Å². The maximum absolute atomic E-state index is 9.13. The molecule has 0 saturated carbocycles. The Bertz CT molecular complexity index is 346. The average Bonchev–Trinajstić information content (AvgIpc) is 2.28. The minimum atomic E-state index is -0.269. The van der Waals surface area contributed by atoms with E-state index in [2.05, 4.69) is 20.6 Å². The van der Waals surface area contributed by atoms with Crippen LogP contribution in [0.15, 0.2) is 6.20 Å². The standard InChI is InChI=1S/C11H19ClN4O/c1-3-13-11-15-7-9(12)10(16-11)14-6-4-5-8(2)17/h7-8,17H,3-6H2,1-2H3,(H2,13,14,15,16). The predicted octanol–water partition coefficient (Wildman–Crippen LogP) is 2.13. The van der Waals surface area contributed by atoms with E-state index in [0.717, 1.165) is 25.9 Å². The van der Waals surface area contributed by atoms with Crippen molar-refractivity contribution in [3.8, 4) is 0 Å². The lowest BCUT2D eigenvalue weighted by molar-refractivity contribution is 0.183. The second kappa shape index (κ2) is 7.29. The van der Waals surface area contributed by atoms with Crippen molar-refractivity contribution in [3.05, 3.63) is 11.2 Å². The Hall–Kier alpha value is -1.07. The van der Waals surface area contributed by atoms with E-state index in [4.69, 9.17) is 16.7 Å². The maximum Gasteiger partial charge on any atom is 0.224 e. The summed E-state index contributed by atoms with van der Waals surface area (Å²) in [4.78, 5) is 8.30. The fourth-order valence-electron chi connectivity index (χ4n) is 1.34. The van der Waals surface area contributed by atoms with Crippen LogP contribution in [0, 0.1) is 0 Å². The molecule has 1 heterocycles. The molecule has 0 aliphatic heterocycles. The topological polar surface area (TPSA) is 70.1 Å². The molecule has 0 bridgehead atoms. The fraction of sp³-hybridized carbons (Fsp3) is 0.636. The van der Waals surface area contributed by atoms with Gasteiger partial charge in [-0.15, -0.1) is 0 Å².